The second-order valence-electron chi connectivity index (χ2n) is 12.8. The maximum atomic E-state index is 7.50. The summed E-state index contributed by atoms with van der Waals surface area (Å²) in [6, 6.07) is 15.1. The molecule has 334 valence electrons. The number of unbranched alkanes of at least 4 members (excludes halogenated alkanes) is 10. The van der Waals surface area contributed by atoms with E-state index in [1.54, 1.807) is 11.1 Å². The Morgan fingerprint density at radius 2 is 0.759 bits per heavy atom. The zero-order chi connectivity index (χ0) is 39.8. The van der Waals surface area contributed by atoms with E-state index in [0.29, 0.717) is 11.8 Å². The summed E-state index contributed by atoms with van der Waals surface area (Å²) in [6.07, 6.45) is 23.8. The molecule has 2 atom stereocenters. The van der Waals surface area contributed by atoms with Crippen LogP contribution in [0.15, 0.2) is 36.4 Å². The minimum Gasteiger partial charge on any atom is -0.693 e. The zero-order valence-corrected chi connectivity index (χ0v) is 40.0. The summed E-state index contributed by atoms with van der Waals surface area (Å²) in [5.41, 5.74) is 9.25. The van der Waals surface area contributed by atoms with Crippen LogP contribution in [-0.2, 0) is 82.5 Å². The van der Waals surface area contributed by atoms with Crippen molar-refractivity contribution in [1.29, 1.82) is 0 Å². The van der Waals surface area contributed by atoms with Gasteiger partial charge in [0.2, 0.25) is 0 Å². The first-order valence-electron chi connectivity index (χ1n) is 18.5. The number of hydrogen-bond donors (Lipinski definition) is 0. The van der Waals surface area contributed by atoms with Crippen LogP contribution >= 0.6 is 0 Å². The van der Waals surface area contributed by atoms with Crippen molar-refractivity contribution in [2.45, 2.75) is 141 Å². The van der Waals surface area contributed by atoms with Gasteiger partial charge in [-0.25, -0.2) is 0 Å². The predicted molar refractivity (Wildman–Crippen MR) is 231 cm³/mol. The number of aryl methyl sites for hydroxylation is 2. The molecule has 14 heteroatoms. The van der Waals surface area contributed by atoms with E-state index in [9.17, 15) is 0 Å². The average Bonchev–Trinajstić information content (AvgIpc) is 3.25. The normalized spacial score (nSPS) is 14.0. The monoisotopic (exact) mass is 1150 g/mol. The molecule has 2 aliphatic rings. The molecule has 0 spiro atoms. The minimum atomic E-state index is 0. The van der Waals surface area contributed by atoms with Crippen molar-refractivity contribution in [3.63, 3.8) is 0 Å². The SMILES string of the molecule is CCCCCCCCc1cc(C2CCC[N-]C2)ccc1-c1ccc(C2CCC[N-]C2)cc1CCCCCCCC.[C-]=O.[C-]=O.[C-]=O.[C-]=O.[C-]=O.[C-]=O.[NH2-].[NH2-].[NH2-].[NH2-].[Re].[Re]. The van der Waals surface area contributed by atoms with Gasteiger partial charge in [-0.05, 0) is 83.7 Å². The third kappa shape index (κ3) is 32.4. The van der Waals surface area contributed by atoms with Gasteiger partial charge in [0.15, 0.2) is 0 Å². The fourth-order valence-corrected chi connectivity index (χ4v) is 6.99. The molecule has 0 aliphatic carbocycles. The Kier molecular flexibility index (Phi) is 77.4. The molecule has 0 aromatic heterocycles. The molecule has 0 saturated carbocycles. The van der Waals surface area contributed by atoms with E-state index in [-0.39, 0.29) is 65.4 Å². The Bertz CT molecular complexity index is 1020. The maximum absolute atomic E-state index is 7.50. The molecule has 2 aliphatic heterocycles. The summed E-state index contributed by atoms with van der Waals surface area (Å²) >= 11 is 0. The Labute approximate surface area is 380 Å². The van der Waals surface area contributed by atoms with Crippen molar-refractivity contribution in [3.05, 3.63) is 93.9 Å². The molecule has 12 nitrogen and oxygen atoms in total. The van der Waals surface area contributed by atoms with E-state index in [0.717, 1.165) is 26.2 Å². The van der Waals surface area contributed by atoms with E-state index in [1.165, 1.54) is 138 Å². The largest absolute Gasteiger partial charge is 0.693 e. The summed E-state index contributed by atoms with van der Waals surface area (Å²) in [5.74, 6) is 1.23. The van der Waals surface area contributed by atoms with Crippen LogP contribution < -0.4 is 0 Å². The van der Waals surface area contributed by atoms with Gasteiger partial charge in [-0.15, -0.1) is 26.2 Å². The van der Waals surface area contributed by atoms with Crippen LogP contribution in [-0.4, -0.2) is 66.9 Å². The second-order valence-corrected chi connectivity index (χ2v) is 12.8. The minimum absolute atomic E-state index is 0. The first-order valence-corrected chi connectivity index (χ1v) is 18.5. The van der Waals surface area contributed by atoms with Crippen molar-refractivity contribution in [2.75, 3.05) is 26.2 Å². The third-order valence-electron chi connectivity index (χ3n) is 9.53. The molecule has 4 rings (SSSR count). The first-order chi connectivity index (χ1) is 25.8. The van der Waals surface area contributed by atoms with Crippen LogP contribution in [0.4, 0.5) is 0 Å². The van der Waals surface area contributed by atoms with E-state index in [4.69, 9.17) is 39.4 Å². The maximum Gasteiger partial charge on any atom is 0 e. The molecule has 8 N–H and O–H groups in total. The van der Waals surface area contributed by atoms with Crippen molar-refractivity contribution in [3.8, 4) is 11.1 Å². The van der Waals surface area contributed by atoms with Gasteiger partial charge in [0.1, 0.15) is 0 Å². The molecule has 8 radical (unpaired) electrons. The average molecular weight is 1150 g/mol. The summed E-state index contributed by atoms with van der Waals surface area (Å²) in [6.45, 7) is 35.8. The van der Waals surface area contributed by atoms with Gasteiger partial charge >= 0.3 is 0 Å². The first kappa shape index (κ1) is 76.3. The van der Waals surface area contributed by atoms with Crippen LogP contribution in [0.25, 0.3) is 46.4 Å². The number of nitrogens with two attached hydrogens (primary N) is 4. The summed E-state index contributed by atoms with van der Waals surface area (Å²) in [5, 5.41) is 9.54. The molecule has 2 unspecified atom stereocenters. The standard InChI is InChI=1S/C38H58N2.6CO.4H2N.2Re/c1-3-5-7-9-11-13-17-33-27-31(35-19-15-25-39-29-35)21-23-37(33)38-24-22-32(36-20-16-26-40-30-36)28-34(38)18-14-12-10-8-6-4-2;6*1-2;;;;;;/h21-24,27-28,35-36H,3-20,25-26,29-30H2,1-2H3;;;;;;;4*1H2;;/q-2;10*-1;;. The van der Waals surface area contributed by atoms with Crippen molar-refractivity contribution in [1.82, 2.24) is 0 Å². The van der Waals surface area contributed by atoms with E-state index < -0.39 is 0 Å². The number of rotatable bonds is 17. The Hall–Kier alpha value is -2.46. The second kappa shape index (κ2) is 58.9. The number of hydrogen-bond acceptors (Lipinski definition) is 6. The molecular formula is C44H66N6O6Re2-12. The van der Waals surface area contributed by atoms with E-state index >= 15 is 0 Å². The molecule has 2 aromatic carbocycles. The zero-order valence-electron chi connectivity index (χ0n) is 34.6. The van der Waals surface area contributed by atoms with E-state index in [1.807, 2.05) is 0 Å². The van der Waals surface area contributed by atoms with Gasteiger partial charge in [-0.1, -0.05) is 127 Å². The number of carbonyl (C=O) groups excluding carboxylic acids is 6. The molecule has 2 fully saturated rings. The third-order valence-corrected chi connectivity index (χ3v) is 9.53. The van der Waals surface area contributed by atoms with Gasteiger partial charge in [0.25, 0.3) is 0 Å². The van der Waals surface area contributed by atoms with E-state index in [2.05, 4.69) is 91.0 Å². The molecular weight excluding hydrogens is 1080 g/mol. The molecule has 2 heterocycles. The fourth-order valence-electron chi connectivity index (χ4n) is 6.99. The number of nitrogens with zero attached hydrogens (tertiary/aromatic N) is 2. The van der Waals surface area contributed by atoms with Gasteiger partial charge < -0.3 is 105 Å². The van der Waals surface area contributed by atoms with Crippen LogP contribution in [0, 0.1) is 0 Å². The smallest absolute Gasteiger partial charge is 0 e. The Balaban J connectivity index is -0.000000175. The Morgan fingerprint density at radius 1 is 0.466 bits per heavy atom. The van der Waals surface area contributed by atoms with Crippen LogP contribution in [0.1, 0.15) is 151 Å². The molecule has 2 aromatic rings. The summed E-state index contributed by atoms with van der Waals surface area (Å²) in [4.78, 5) is 45.0. The number of benzene rings is 2. The Morgan fingerprint density at radius 3 is 1.03 bits per heavy atom. The van der Waals surface area contributed by atoms with Gasteiger partial charge in [0, 0.05) is 40.8 Å². The molecule has 2 saturated heterocycles. The van der Waals surface area contributed by atoms with Crippen LogP contribution in [0.3, 0.4) is 0 Å². The molecule has 0 bridgehead atoms. The van der Waals surface area contributed by atoms with Gasteiger partial charge in [-0.3, -0.25) is 0 Å². The topological polar surface area (TPSA) is 265 Å². The van der Waals surface area contributed by atoms with Crippen molar-refractivity contribution >= 4 is 40.7 Å². The molecule has 0 amide bonds. The quantitative estimate of drug-likeness (QED) is 0.110. The number of piperidine rings is 2. The van der Waals surface area contributed by atoms with Crippen molar-refractivity contribution in [2.24, 2.45) is 0 Å². The van der Waals surface area contributed by atoms with Crippen LogP contribution in [0.5, 0.6) is 0 Å². The fraction of sp³-hybridized carbons (Fsp3) is 0.591. The van der Waals surface area contributed by atoms with Crippen molar-refractivity contribution < 1.29 is 69.6 Å². The predicted octanol–water partition coefficient (Wildman–Crippen LogP) is 12.1. The van der Waals surface area contributed by atoms with Gasteiger partial charge in [-0.2, -0.15) is 0 Å². The molecule has 58 heavy (non-hydrogen) atoms. The van der Waals surface area contributed by atoms with Crippen LogP contribution in [0.2, 0.25) is 0 Å². The summed E-state index contributed by atoms with van der Waals surface area (Å²) < 4.78 is 0. The summed E-state index contributed by atoms with van der Waals surface area (Å²) in [7, 11) is 0. The van der Waals surface area contributed by atoms with Gasteiger partial charge in [0.05, 0.1) is 0 Å².